The van der Waals surface area contributed by atoms with Gasteiger partial charge in [0.1, 0.15) is 0 Å². The van der Waals surface area contributed by atoms with Gasteiger partial charge in [0, 0.05) is 0 Å². The topological polar surface area (TPSA) is 60.2 Å². The first kappa shape index (κ1) is 13.4. The monoisotopic (exact) mass is 217 g/mol. The van der Waals surface area contributed by atoms with E-state index in [1.807, 2.05) is 6.92 Å². The van der Waals surface area contributed by atoms with Crippen LogP contribution in [-0.4, -0.2) is 8.42 Å². The van der Waals surface area contributed by atoms with E-state index in [-0.39, 0.29) is 10.3 Å². The molecule has 0 aliphatic heterocycles. The highest BCUT2D eigenvalue weighted by molar-refractivity contribution is 7.93. The molecular formula is C10H19NO2S. The lowest BCUT2D eigenvalue weighted by Crippen LogP contribution is -2.12. The Balaban J connectivity index is 4.92. The summed E-state index contributed by atoms with van der Waals surface area (Å²) in [5, 5.41) is 4.95. The number of nitrogens with two attached hydrogens (primary N) is 1. The fraction of sp³-hybridized carbons (Fsp3) is 0.600. The second kappa shape index (κ2) is 4.28. The minimum atomic E-state index is -3.53. The summed E-state index contributed by atoms with van der Waals surface area (Å²) in [6.45, 7) is 9.66. The quantitative estimate of drug-likeness (QED) is 0.721. The third-order valence-corrected chi connectivity index (χ3v) is 3.23. The van der Waals surface area contributed by atoms with Crippen molar-refractivity contribution in [3.05, 3.63) is 22.6 Å². The number of sulfonamides is 1. The Morgan fingerprint density at radius 3 is 1.86 bits per heavy atom. The Morgan fingerprint density at radius 1 is 1.14 bits per heavy atom. The number of allylic oxidation sites excluding steroid dienone is 4. The molecule has 0 saturated carbocycles. The van der Waals surface area contributed by atoms with Crippen LogP contribution in [-0.2, 0) is 10.0 Å². The van der Waals surface area contributed by atoms with Crippen molar-refractivity contribution in [2.75, 3.05) is 0 Å². The molecule has 0 unspecified atom stereocenters. The first-order chi connectivity index (χ1) is 6.05. The molecule has 0 saturated heterocycles. The van der Waals surface area contributed by atoms with Crippen molar-refractivity contribution >= 4 is 10.0 Å². The van der Waals surface area contributed by atoms with Gasteiger partial charge in [-0.05, 0) is 25.3 Å². The van der Waals surface area contributed by atoms with Gasteiger partial charge >= 0.3 is 0 Å². The van der Waals surface area contributed by atoms with E-state index < -0.39 is 10.0 Å². The molecule has 0 rings (SSSR count). The predicted molar refractivity (Wildman–Crippen MR) is 60.1 cm³/mol. The van der Waals surface area contributed by atoms with Crippen molar-refractivity contribution in [1.82, 2.24) is 0 Å². The minimum Gasteiger partial charge on any atom is -0.225 e. The molecule has 0 aromatic rings. The first-order valence-electron chi connectivity index (χ1n) is 4.43. The average Bonchev–Trinajstić information content (AvgIpc) is 1.95. The van der Waals surface area contributed by atoms with Crippen LogP contribution >= 0.6 is 0 Å². The third-order valence-electron chi connectivity index (χ3n) is 2.20. The van der Waals surface area contributed by atoms with Crippen molar-refractivity contribution in [3.63, 3.8) is 0 Å². The fourth-order valence-electron chi connectivity index (χ4n) is 0.587. The van der Waals surface area contributed by atoms with Gasteiger partial charge in [-0.25, -0.2) is 13.6 Å². The van der Waals surface area contributed by atoms with E-state index in [1.165, 1.54) is 13.0 Å². The van der Waals surface area contributed by atoms with Gasteiger partial charge in [0.2, 0.25) is 10.0 Å². The van der Waals surface area contributed by atoms with Crippen LogP contribution in [0.25, 0.3) is 0 Å². The zero-order chi connectivity index (χ0) is 11.6. The zero-order valence-electron chi connectivity index (χ0n) is 9.46. The second-order valence-corrected chi connectivity index (χ2v) is 6.16. The van der Waals surface area contributed by atoms with E-state index in [0.29, 0.717) is 0 Å². The van der Waals surface area contributed by atoms with Crippen molar-refractivity contribution in [2.24, 2.45) is 10.6 Å². The normalized spacial score (nSPS) is 15.9. The molecule has 3 nitrogen and oxygen atoms in total. The summed E-state index contributed by atoms with van der Waals surface area (Å²) in [5.74, 6) is 0. The molecule has 0 amide bonds. The van der Waals surface area contributed by atoms with E-state index in [9.17, 15) is 8.42 Å². The summed E-state index contributed by atoms with van der Waals surface area (Å²) >= 11 is 0. The van der Waals surface area contributed by atoms with Crippen LogP contribution in [0, 0.1) is 5.41 Å². The number of hydrogen-bond donors (Lipinski definition) is 1. The summed E-state index contributed by atoms with van der Waals surface area (Å²) in [7, 11) is -3.53. The van der Waals surface area contributed by atoms with Crippen LogP contribution in [0.5, 0.6) is 0 Å². The lowest BCUT2D eigenvalue weighted by atomic mass is 9.87. The Kier molecular flexibility index (Phi) is 4.09. The van der Waals surface area contributed by atoms with Gasteiger partial charge in [0.25, 0.3) is 0 Å². The number of hydrogen-bond acceptors (Lipinski definition) is 2. The molecule has 0 spiro atoms. The van der Waals surface area contributed by atoms with Gasteiger partial charge in [0.15, 0.2) is 0 Å². The Labute approximate surface area is 86.7 Å². The SMILES string of the molecule is C/C(=C\C=C(/C)S(N)(=O)=O)C(C)(C)C. The summed E-state index contributed by atoms with van der Waals surface area (Å²) in [6, 6.07) is 0. The van der Waals surface area contributed by atoms with Gasteiger partial charge in [-0.1, -0.05) is 32.4 Å². The summed E-state index contributed by atoms with van der Waals surface area (Å²) in [6.07, 6.45) is 3.33. The second-order valence-electron chi connectivity index (χ2n) is 4.42. The molecular weight excluding hydrogens is 198 g/mol. The summed E-state index contributed by atoms with van der Waals surface area (Å²) < 4.78 is 21.7. The van der Waals surface area contributed by atoms with Crippen LogP contribution in [0.3, 0.4) is 0 Å². The molecule has 0 aromatic heterocycles. The van der Waals surface area contributed by atoms with E-state index in [1.54, 1.807) is 6.08 Å². The van der Waals surface area contributed by atoms with Crippen molar-refractivity contribution in [1.29, 1.82) is 0 Å². The first-order valence-corrected chi connectivity index (χ1v) is 5.98. The highest BCUT2D eigenvalue weighted by Gasteiger charge is 2.11. The van der Waals surface area contributed by atoms with Crippen LogP contribution in [0.4, 0.5) is 0 Å². The highest BCUT2D eigenvalue weighted by atomic mass is 32.2. The standard InChI is InChI=1S/C10H19NO2S/c1-8(10(3,4)5)6-7-9(2)14(11,12)13/h6-7H,1-5H3,(H2,11,12,13)/b8-6+,9-7+. The van der Waals surface area contributed by atoms with Crippen molar-refractivity contribution < 1.29 is 8.42 Å². The average molecular weight is 217 g/mol. The summed E-state index contributed by atoms with van der Waals surface area (Å²) in [5.41, 5.74) is 1.16. The number of primary sulfonamides is 1. The Bertz CT molecular complexity index is 356. The molecule has 0 atom stereocenters. The molecule has 4 heteroatoms. The minimum absolute atomic E-state index is 0.0507. The molecule has 14 heavy (non-hydrogen) atoms. The lowest BCUT2D eigenvalue weighted by Gasteiger charge is -2.18. The molecule has 0 radical (unpaired) electrons. The molecule has 2 N–H and O–H groups in total. The van der Waals surface area contributed by atoms with E-state index in [2.05, 4.69) is 20.8 Å². The lowest BCUT2D eigenvalue weighted by molar-refractivity contribution is 0.504. The van der Waals surface area contributed by atoms with Crippen LogP contribution in [0.15, 0.2) is 22.6 Å². The third kappa shape index (κ3) is 4.58. The van der Waals surface area contributed by atoms with Gasteiger partial charge in [-0.3, -0.25) is 0 Å². The van der Waals surface area contributed by atoms with Crippen LogP contribution < -0.4 is 5.14 Å². The fourth-order valence-corrected chi connectivity index (χ4v) is 0.845. The van der Waals surface area contributed by atoms with Crippen LogP contribution in [0.2, 0.25) is 0 Å². The highest BCUT2D eigenvalue weighted by Crippen LogP contribution is 2.24. The predicted octanol–water partition coefficient (Wildman–Crippen LogP) is 2.17. The van der Waals surface area contributed by atoms with Gasteiger partial charge in [-0.15, -0.1) is 0 Å². The van der Waals surface area contributed by atoms with Gasteiger partial charge < -0.3 is 0 Å². The van der Waals surface area contributed by atoms with Gasteiger partial charge in [0.05, 0.1) is 4.91 Å². The Hall–Kier alpha value is -0.610. The molecule has 0 aliphatic rings. The van der Waals surface area contributed by atoms with E-state index >= 15 is 0 Å². The Morgan fingerprint density at radius 2 is 1.57 bits per heavy atom. The molecule has 0 aliphatic carbocycles. The number of rotatable bonds is 2. The smallest absolute Gasteiger partial charge is 0.225 e. The maximum atomic E-state index is 10.9. The van der Waals surface area contributed by atoms with E-state index in [0.717, 1.165) is 5.57 Å². The summed E-state index contributed by atoms with van der Waals surface area (Å²) in [4.78, 5) is 0.182. The largest absolute Gasteiger partial charge is 0.233 e. The van der Waals surface area contributed by atoms with Crippen molar-refractivity contribution in [2.45, 2.75) is 34.6 Å². The molecule has 82 valence electrons. The van der Waals surface area contributed by atoms with Crippen LogP contribution in [0.1, 0.15) is 34.6 Å². The maximum Gasteiger partial charge on any atom is 0.233 e. The molecule has 0 fully saturated rings. The van der Waals surface area contributed by atoms with Crippen molar-refractivity contribution in [3.8, 4) is 0 Å². The molecule has 0 heterocycles. The van der Waals surface area contributed by atoms with Gasteiger partial charge in [-0.2, -0.15) is 0 Å². The molecule has 0 aromatic carbocycles. The zero-order valence-corrected chi connectivity index (χ0v) is 10.3. The molecule has 0 bridgehead atoms. The maximum absolute atomic E-state index is 10.9. The van der Waals surface area contributed by atoms with E-state index in [4.69, 9.17) is 5.14 Å².